The Morgan fingerprint density at radius 2 is 1.95 bits per heavy atom. The summed E-state index contributed by atoms with van der Waals surface area (Å²) in [4.78, 5) is 15.7. The van der Waals surface area contributed by atoms with Gasteiger partial charge in [0.1, 0.15) is 16.9 Å². The maximum atomic E-state index is 11.7. The summed E-state index contributed by atoms with van der Waals surface area (Å²) in [5, 5.41) is 3.48. The van der Waals surface area contributed by atoms with Gasteiger partial charge >= 0.3 is 0 Å². The standard InChI is InChI=1S/C15H14Cl2N2O3/c1-9(21-2)14(20)19-11-3-5-12(6-4-11)22-15-13(17)7-10(16)8-18-15/h3-9H,1-2H3,(H,19,20). The largest absolute Gasteiger partial charge is 0.438 e. The number of carbonyl (C=O) groups excluding carboxylic acids is 1. The lowest BCUT2D eigenvalue weighted by atomic mass is 10.3. The quantitative estimate of drug-likeness (QED) is 0.887. The van der Waals surface area contributed by atoms with E-state index in [1.54, 1.807) is 37.3 Å². The number of nitrogens with one attached hydrogen (secondary N) is 1. The van der Waals surface area contributed by atoms with E-state index in [2.05, 4.69) is 10.3 Å². The molecule has 116 valence electrons. The molecule has 0 spiro atoms. The Bertz CT molecular complexity index is 662. The zero-order valence-electron chi connectivity index (χ0n) is 12.0. The fraction of sp³-hybridized carbons (Fsp3) is 0.200. The molecule has 5 nitrogen and oxygen atoms in total. The summed E-state index contributed by atoms with van der Waals surface area (Å²) in [5.74, 6) is 0.573. The summed E-state index contributed by atoms with van der Waals surface area (Å²) in [6.07, 6.45) is 0.928. The maximum absolute atomic E-state index is 11.7. The summed E-state index contributed by atoms with van der Waals surface area (Å²) in [6, 6.07) is 8.35. The molecule has 1 unspecified atom stereocenters. The second-order valence-electron chi connectivity index (χ2n) is 4.43. The molecule has 7 heteroatoms. The summed E-state index contributed by atoms with van der Waals surface area (Å²) in [6.45, 7) is 1.67. The fourth-order valence-electron chi connectivity index (χ4n) is 1.55. The van der Waals surface area contributed by atoms with Crippen LogP contribution in [0.1, 0.15) is 6.92 Å². The van der Waals surface area contributed by atoms with E-state index in [0.717, 1.165) is 0 Å². The highest BCUT2D eigenvalue weighted by Gasteiger charge is 2.11. The highest BCUT2D eigenvalue weighted by atomic mass is 35.5. The lowest BCUT2D eigenvalue weighted by Gasteiger charge is -2.11. The number of pyridine rings is 1. The second-order valence-corrected chi connectivity index (χ2v) is 5.28. The van der Waals surface area contributed by atoms with Crippen LogP contribution in [0.5, 0.6) is 11.6 Å². The molecule has 1 N–H and O–H groups in total. The molecule has 1 aromatic heterocycles. The molecule has 0 saturated carbocycles. The Morgan fingerprint density at radius 3 is 2.55 bits per heavy atom. The third-order valence-corrected chi connectivity index (χ3v) is 3.31. The minimum atomic E-state index is -0.520. The Hall–Kier alpha value is -1.82. The zero-order valence-corrected chi connectivity index (χ0v) is 13.5. The van der Waals surface area contributed by atoms with Gasteiger partial charge in [0, 0.05) is 19.0 Å². The minimum absolute atomic E-state index is 0.224. The van der Waals surface area contributed by atoms with E-state index in [0.29, 0.717) is 21.5 Å². The first-order chi connectivity index (χ1) is 10.5. The van der Waals surface area contributed by atoms with Gasteiger partial charge in [0.15, 0.2) is 0 Å². The first-order valence-electron chi connectivity index (χ1n) is 6.42. The van der Waals surface area contributed by atoms with Crippen molar-refractivity contribution in [3.63, 3.8) is 0 Å². The average molecular weight is 341 g/mol. The van der Waals surface area contributed by atoms with Gasteiger partial charge in [-0.3, -0.25) is 4.79 Å². The van der Waals surface area contributed by atoms with Crippen LogP contribution >= 0.6 is 23.2 Å². The van der Waals surface area contributed by atoms with Crippen LogP contribution in [-0.4, -0.2) is 24.1 Å². The third kappa shape index (κ3) is 4.34. The summed E-state index contributed by atoms with van der Waals surface area (Å²) in [5.41, 5.74) is 0.636. The SMILES string of the molecule is COC(C)C(=O)Nc1ccc(Oc2ncc(Cl)cc2Cl)cc1. The molecule has 2 rings (SSSR count). The molecule has 0 fully saturated rings. The van der Waals surface area contributed by atoms with Crippen molar-refractivity contribution in [3.05, 3.63) is 46.6 Å². The second kappa shape index (κ2) is 7.45. The van der Waals surface area contributed by atoms with Gasteiger partial charge in [0.05, 0.1) is 5.02 Å². The average Bonchev–Trinajstić information content (AvgIpc) is 2.51. The number of aromatic nitrogens is 1. The van der Waals surface area contributed by atoms with Crippen LogP contribution < -0.4 is 10.1 Å². The van der Waals surface area contributed by atoms with Crippen LogP contribution in [0.3, 0.4) is 0 Å². The van der Waals surface area contributed by atoms with Crippen LogP contribution in [0.25, 0.3) is 0 Å². The van der Waals surface area contributed by atoms with Gasteiger partial charge < -0.3 is 14.8 Å². The Kier molecular flexibility index (Phi) is 5.60. The Balaban J connectivity index is 2.04. The number of rotatable bonds is 5. The molecule has 1 aromatic carbocycles. The molecular formula is C15H14Cl2N2O3. The Morgan fingerprint density at radius 1 is 1.27 bits per heavy atom. The molecule has 0 saturated heterocycles. The van der Waals surface area contributed by atoms with Crippen LogP contribution in [0.2, 0.25) is 10.0 Å². The van der Waals surface area contributed by atoms with Crippen LogP contribution in [0.15, 0.2) is 36.5 Å². The molecule has 1 atom stereocenters. The lowest BCUT2D eigenvalue weighted by molar-refractivity contribution is -0.124. The van der Waals surface area contributed by atoms with Gasteiger partial charge in [-0.25, -0.2) is 4.98 Å². The maximum Gasteiger partial charge on any atom is 0.253 e. The molecular weight excluding hydrogens is 327 g/mol. The number of benzene rings is 1. The van der Waals surface area contributed by atoms with Crippen LogP contribution in [-0.2, 0) is 9.53 Å². The van der Waals surface area contributed by atoms with E-state index in [9.17, 15) is 4.79 Å². The third-order valence-electron chi connectivity index (χ3n) is 2.83. The first-order valence-corrected chi connectivity index (χ1v) is 7.18. The predicted molar refractivity (Wildman–Crippen MR) is 85.9 cm³/mol. The number of ether oxygens (including phenoxy) is 2. The van der Waals surface area contributed by atoms with Gasteiger partial charge in [-0.2, -0.15) is 0 Å². The van der Waals surface area contributed by atoms with E-state index in [-0.39, 0.29) is 11.8 Å². The van der Waals surface area contributed by atoms with Gasteiger partial charge in [0.25, 0.3) is 5.91 Å². The van der Waals surface area contributed by atoms with Crippen molar-refractivity contribution in [2.75, 3.05) is 12.4 Å². The topological polar surface area (TPSA) is 60.5 Å². The molecule has 0 bridgehead atoms. The number of methoxy groups -OCH3 is 1. The Labute approximate surface area is 138 Å². The van der Waals surface area contributed by atoms with E-state index >= 15 is 0 Å². The number of hydrogen-bond acceptors (Lipinski definition) is 4. The van der Waals surface area contributed by atoms with E-state index < -0.39 is 6.10 Å². The number of anilines is 1. The number of carbonyl (C=O) groups is 1. The van der Waals surface area contributed by atoms with Crippen molar-refractivity contribution in [1.82, 2.24) is 4.98 Å². The van der Waals surface area contributed by atoms with Crippen molar-refractivity contribution in [3.8, 4) is 11.6 Å². The molecule has 1 amide bonds. The van der Waals surface area contributed by atoms with Crippen molar-refractivity contribution >= 4 is 34.8 Å². The lowest BCUT2D eigenvalue weighted by Crippen LogP contribution is -2.26. The molecule has 0 aliphatic heterocycles. The minimum Gasteiger partial charge on any atom is -0.438 e. The summed E-state index contributed by atoms with van der Waals surface area (Å²) < 4.78 is 10.5. The van der Waals surface area contributed by atoms with E-state index in [1.165, 1.54) is 13.3 Å². The molecule has 1 heterocycles. The number of amides is 1. The number of hydrogen-bond donors (Lipinski definition) is 1. The first kappa shape index (κ1) is 16.5. The molecule has 22 heavy (non-hydrogen) atoms. The summed E-state index contributed by atoms with van der Waals surface area (Å²) >= 11 is 11.8. The highest BCUT2D eigenvalue weighted by molar-refractivity contribution is 6.35. The number of halogens is 2. The molecule has 2 aromatic rings. The zero-order chi connectivity index (χ0) is 16.1. The smallest absolute Gasteiger partial charge is 0.253 e. The monoisotopic (exact) mass is 340 g/mol. The van der Waals surface area contributed by atoms with Gasteiger partial charge in [-0.1, -0.05) is 23.2 Å². The number of nitrogens with zero attached hydrogens (tertiary/aromatic N) is 1. The van der Waals surface area contributed by atoms with Gasteiger partial charge in [-0.05, 0) is 37.3 Å². The van der Waals surface area contributed by atoms with Crippen LogP contribution in [0, 0.1) is 0 Å². The summed E-state index contributed by atoms with van der Waals surface area (Å²) in [7, 11) is 1.48. The predicted octanol–water partition coefficient (Wildman–Crippen LogP) is 4.15. The van der Waals surface area contributed by atoms with Crippen molar-refractivity contribution in [2.24, 2.45) is 0 Å². The van der Waals surface area contributed by atoms with Gasteiger partial charge in [-0.15, -0.1) is 0 Å². The molecule has 0 aliphatic rings. The van der Waals surface area contributed by atoms with Crippen molar-refractivity contribution < 1.29 is 14.3 Å². The normalized spacial score (nSPS) is 11.8. The van der Waals surface area contributed by atoms with E-state index in [1.807, 2.05) is 0 Å². The van der Waals surface area contributed by atoms with Crippen LogP contribution in [0.4, 0.5) is 5.69 Å². The van der Waals surface area contributed by atoms with E-state index in [4.69, 9.17) is 32.7 Å². The fourth-order valence-corrected chi connectivity index (χ4v) is 1.96. The molecule has 0 radical (unpaired) electrons. The van der Waals surface area contributed by atoms with Crippen molar-refractivity contribution in [2.45, 2.75) is 13.0 Å². The molecule has 0 aliphatic carbocycles. The van der Waals surface area contributed by atoms with Gasteiger partial charge in [0.2, 0.25) is 5.88 Å². The highest BCUT2D eigenvalue weighted by Crippen LogP contribution is 2.29. The van der Waals surface area contributed by atoms with Crippen molar-refractivity contribution in [1.29, 1.82) is 0 Å².